The molecule has 0 aliphatic heterocycles. The Balaban J connectivity index is 2.01. The van der Waals surface area contributed by atoms with E-state index in [0.717, 1.165) is 13.0 Å². The minimum absolute atomic E-state index is 0.0751. The number of rotatable bonds is 8. The maximum atomic E-state index is 12.2. The molecule has 0 aliphatic carbocycles. The lowest BCUT2D eigenvalue weighted by Gasteiger charge is -2.11. The van der Waals surface area contributed by atoms with E-state index < -0.39 is 10.0 Å². The van der Waals surface area contributed by atoms with Crippen molar-refractivity contribution in [1.29, 1.82) is 5.26 Å². The highest BCUT2D eigenvalue weighted by Gasteiger charge is 2.13. The van der Waals surface area contributed by atoms with Crippen molar-refractivity contribution < 1.29 is 8.42 Å². The fourth-order valence-corrected chi connectivity index (χ4v) is 3.15. The molecule has 0 bridgehead atoms. The number of nitrogens with one attached hydrogen (secondary N) is 2. The largest absolute Gasteiger partial charge is 0.382 e. The third kappa shape index (κ3) is 5.38. The second-order valence-corrected chi connectivity index (χ2v) is 7.58. The van der Waals surface area contributed by atoms with Crippen LogP contribution in [0.3, 0.4) is 0 Å². The summed E-state index contributed by atoms with van der Waals surface area (Å²) in [7, 11) is 0.325. The molecule has 1 aromatic heterocycles. The Morgan fingerprint density at radius 2 is 1.96 bits per heavy atom. The maximum absolute atomic E-state index is 12.2. The van der Waals surface area contributed by atoms with Crippen molar-refractivity contribution in [3.63, 3.8) is 0 Å². The van der Waals surface area contributed by atoms with Crippen LogP contribution in [0.4, 0.5) is 17.5 Å². The molecule has 0 aliphatic rings. The molecule has 0 fully saturated rings. The van der Waals surface area contributed by atoms with Gasteiger partial charge in [-0.1, -0.05) is 0 Å². The van der Waals surface area contributed by atoms with Gasteiger partial charge in [0.25, 0.3) is 0 Å². The molecule has 26 heavy (non-hydrogen) atoms. The molecule has 2 aromatic rings. The number of nitrogen functional groups attached to an aromatic ring is 1. The van der Waals surface area contributed by atoms with Gasteiger partial charge in [0.2, 0.25) is 16.0 Å². The van der Waals surface area contributed by atoms with Crippen molar-refractivity contribution in [1.82, 2.24) is 19.6 Å². The molecule has 0 amide bonds. The number of hydrogen-bond acceptors (Lipinski definition) is 8. The summed E-state index contributed by atoms with van der Waals surface area (Å²) in [4.78, 5) is 10.1. The number of sulfonamides is 1. The third-order valence-electron chi connectivity index (χ3n) is 3.43. The molecule has 0 atom stereocenters. The molecule has 4 N–H and O–H groups in total. The van der Waals surface area contributed by atoms with Gasteiger partial charge in [-0.25, -0.2) is 18.1 Å². The van der Waals surface area contributed by atoms with Crippen molar-refractivity contribution in [2.75, 3.05) is 38.2 Å². The first-order valence-corrected chi connectivity index (χ1v) is 9.34. The normalized spacial score (nSPS) is 11.3. The molecule has 2 rings (SSSR count). The standard InChI is InChI=1S/C16H21N7O2S/c1-23(2)9-3-8-20-26(24,25)14-6-4-13(5-7-14)21-16-19-11-12(10-17)15(18)22-16/h4-7,11,20H,3,8-9H2,1-2H3,(H3,18,19,21,22). The predicted octanol–water partition coefficient (Wildman–Crippen LogP) is 0.904. The molecule has 0 spiro atoms. The van der Waals surface area contributed by atoms with E-state index >= 15 is 0 Å². The Morgan fingerprint density at radius 3 is 2.54 bits per heavy atom. The summed E-state index contributed by atoms with van der Waals surface area (Å²) in [5, 5.41) is 11.7. The van der Waals surface area contributed by atoms with Gasteiger partial charge in [-0.3, -0.25) is 0 Å². The van der Waals surface area contributed by atoms with E-state index in [1.54, 1.807) is 12.1 Å². The van der Waals surface area contributed by atoms with Gasteiger partial charge in [-0.2, -0.15) is 10.2 Å². The fraction of sp³-hybridized carbons (Fsp3) is 0.312. The van der Waals surface area contributed by atoms with E-state index in [1.165, 1.54) is 18.3 Å². The van der Waals surface area contributed by atoms with Crippen LogP contribution in [0.5, 0.6) is 0 Å². The molecular weight excluding hydrogens is 354 g/mol. The van der Waals surface area contributed by atoms with E-state index in [2.05, 4.69) is 20.0 Å². The van der Waals surface area contributed by atoms with Crippen LogP contribution in [-0.4, -0.2) is 50.5 Å². The number of hydrogen-bond donors (Lipinski definition) is 3. The van der Waals surface area contributed by atoms with Gasteiger partial charge >= 0.3 is 0 Å². The minimum Gasteiger partial charge on any atom is -0.382 e. The van der Waals surface area contributed by atoms with Crippen LogP contribution in [0.25, 0.3) is 0 Å². The van der Waals surface area contributed by atoms with Crippen molar-refractivity contribution in [3.8, 4) is 6.07 Å². The van der Waals surface area contributed by atoms with Gasteiger partial charge in [0, 0.05) is 12.2 Å². The van der Waals surface area contributed by atoms with Crippen LogP contribution in [0, 0.1) is 11.3 Å². The van der Waals surface area contributed by atoms with Gasteiger partial charge < -0.3 is 16.0 Å². The van der Waals surface area contributed by atoms with Gasteiger partial charge in [-0.05, 0) is 51.3 Å². The Bertz CT molecular complexity index is 890. The van der Waals surface area contributed by atoms with E-state index in [9.17, 15) is 8.42 Å². The first kappa shape index (κ1) is 19.6. The Kier molecular flexibility index (Phi) is 6.46. The lowest BCUT2D eigenvalue weighted by molar-refractivity contribution is 0.400. The third-order valence-corrected chi connectivity index (χ3v) is 4.91. The summed E-state index contributed by atoms with van der Waals surface area (Å²) in [5.41, 5.74) is 6.43. The Morgan fingerprint density at radius 1 is 1.27 bits per heavy atom. The average molecular weight is 375 g/mol. The maximum Gasteiger partial charge on any atom is 0.240 e. The first-order valence-electron chi connectivity index (χ1n) is 7.86. The number of benzene rings is 1. The molecular formula is C16H21N7O2S. The SMILES string of the molecule is CN(C)CCCNS(=O)(=O)c1ccc(Nc2ncc(C#N)c(N)n2)cc1. The summed E-state index contributed by atoms with van der Waals surface area (Å²) >= 11 is 0. The number of nitrogens with two attached hydrogens (primary N) is 1. The molecule has 138 valence electrons. The summed E-state index contributed by atoms with van der Waals surface area (Å²) in [6.07, 6.45) is 2.05. The monoisotopic (exact) mass is 375 g/mol. The van der Waals surface area contributed by atoms with Gasteiger partial charge in [0.1, 0.15) is 17.5 Å². The molecule has 0 unspecified atom stereocenters. The van der Waals surface area contributed by atoms with Gasteiger partial charge in [-0.15, -0.1) is 0 Å². The molecule has 1 heterocycles. The molecule has 1 aromatic carbocycles. The average Bonchev–Trinajstić information content (AvgIpc) is 2.59. The summed E-state index contributed by atoms with van der Waals surface area (Å²) in [5.74, 6) is 0.296. The lowest BCUT2D eigenvalue weighted by atomic mass is 10.3. The van der Waals surface area contributed by atoms with Crippen LogP contribution in [-0.2, 0) is 10.0 Å². The minimum atomic E-state index is -3.55. The van der Waals surface area contributed by atoms with E-state index in [-0.39, 0.29) is 22.2 Å². The van der Waals surface area contributed by atoms with E-state index in [0.29, 0.717) is 12.2 Å². The second-order valence-electron chi connectivity index (χ2n) is 5.81. The summed E-state index contributed by atoms with van der Waals surface area (Å²) < 4.78 is 27.1. The van der Waals surface area contributed by atoms with Gasteiger partial charge in [0.05, 0.1) is 11.1 Å². The topological polar surface area (TPSA) is 137 Å². The van der Waals surface area contributed by atoms with Crippen LogP contribution in [0.15, 0.2) is 35.4 Å². The highest BCUT2D eigenvalue weighted by atomic mass is 32.2. The number of nitriles is 1. The van der Waals surface area contributed by atoms with E-state index in [4.69, 9.17) is 11.0 Å². The van der Waals surface area contributed by atoms with Crippen LogP contribution >= 0.6 is 0 Å². The lowest BCUT2D eigenvalue weighted by Crippen LogP contribution is -2.27. The zero-order valence-electron chi connectivity index (χ0n) is 14.6. The smallest absolute Gasteiger partial charge is 0.240 e. The Labute approximate surface area is 152 Å². The van der Waals surface area contributed by atoms with Crippen molar-refractivity contribution in [2.45, 2.75) is 11.3 Å². The van der Waals surface area contributed by atoms with Crippen LogP contribution < -0.4 is 15.8 Å². The van der Waals surface area contributed by atoms with Crippen molar-refractivity contribution >= 4 is 27.5 Å². The summed E-state index contributed by atoms with van der Waals surface area (Å²) in [6, 6.07) is 8.07. The molecule has 0 saturated carbocycles. The summed E-state index contributed by atoms with van der Waals surface area (Å²) in [6.45, 7) is 1.18. The first-order chi connectivity index (χ1) is 12.3. The van der Waals surface area contributed by atoms with Crippen LogP contribution in [0.1, 0.15) is 12.0 Å². The van der Waals surface area contributed by atoms with Crippen molar-refractivity contribution in [2.24, 2.45) is 0 Å². The Hall–Kier alpha value is -2.74. The molecule has 10 heteroatoms. The molecule has 9 nitrogen and oxygen atoms in total. The zero-order valence-corrected chi connectivity index (χ0v) is 15.4. The molecule has 0 radical (unpaired) electrons. The fourth-order valence-electron chi connectivity index (χ4n) is 2.07. The van der Waals surface area contributed by atoms with E-state index in [1.807, 2.05) is 25.1 Å². The predicted molar refractivity (Wildman–Crippen MR) is 99.2 cm³/mol. The molecule has 0 saturated heterocycles. The number of nitrogens with zero attached hydrogens (tertiary/aromatic N) is 4. The number of anilines is 3. The van der Waals surface area contributed by atoms with Crippen LogP contribution in [0.2, 0.25) is 0 Å². The zero-order chi connectivity index (χ0) is 19.2. The quantitative estimate of drug-likeness (QED) is 0.579. The highest BCUT2D eigenvalue weighted by Crippen LogP contribution is 2.18. The highest BCUT2D eigenvalue weighted by molar-refractivity contribution is 7.89. The van der Waals surface area contributed by atoms with Gasteiger partial charge in [0.15, 0.2) is 0 Å². The van der Waals surface area contributed by atoms with Crippen molar-refractivity contribution in [3.05, 3.63) is 36.0 Å². The second kappa shape index (κ2) is 8.57. The number of aromatic nitrogens is 2.